The summed E-state index contributed by atoms with van der Waals surface area (Å²) >= 11 is 0. The number of hydrazone groups is 1. The quantitative estimate of drug-likeness (QED) is 0.0948. The highest BCUT2D eigenvalue weighted by Gasteiger charge is 2.17. The van der Waals surface area contributed by atoms with Crippen LogP contribution in [0.25, 0.3) is 5.69 Å². The number of hydrogen-bond acceptors (Lipinski definition) is 8. The highest BCUT2D eigenvalue weighted by atomic mass is 16.6. The fourth-order valence-corrected chi connectivity index (χ4v) is 4.58. The number of nitrogens with zero attached hydrogens (tertiary/aromatic N) is 3. The lowest BCUT2D eigenvalue weighted by Crippen LogP contribution is -2.20. The van der Waals surface area contributed by atoms with Gasteiger partial charge in [0.2, 0.25) is 0 Å². The van der Waals surface area contributed by atoms with Crippen LogP contribution < -0.4 is 20.2 Å². The van der Waals surface area contributed by atoms with Gasteiger partial charge in [-0.05, 0) is 93.6 Å². The molecule has 12 nitrogen and oxygen atoms in total. The fourth-order valence-electron chi connectivity index (χ4n) is 4.58. The Morgan fingerprint density at radius 3 is 2.33 bits per heavy atom. The average molecular weight is 622 g/mol. The number of ether oxygens (including phenoxy) is 2. The lowest BCUT2D eigenvalue weighted by atomic mass is 10.2. The molecule has 0 atom stereocenters. The minimum atomic E-state index is -0.631. The molecule has 0 spiro atoms. The first-order chi connectivity index (χ1) is 22.2. The molecule has 0 unspecified atom stereocenters. The maximum atomic E-state index is 12.5. The number of nitro groups is 1. The highest BCUT2D eigenvalue weighted by Crippen LogP contribution is 2.28. The van der Waals surface area contributed by atoms with Gasteiger partial charge >= 0.3 is 11.6 Å². The van der Waals surface area contributed by atoms with Gasteiger partial charge in [-0.25, -0.2) is 5.43 Å². The third-order valence-corrected chi connectivity index (χ3v) is 6.89. The molecule has 0 radical (unpaired) electrons. The van der Waals surface area contributed by atoms with Gasteiger partial charge in [0.05, 0.1) is 11.1 Å². The van der Waals surface area contributed by atoms with Crippen LogP contribution >= 0.6 is 0 Å². The monoisotopic (exact) mass is 621 g/mol. The highest BCUT2D eigenvalue weighted by molar-refractivity contribution is 5.93. The van der Waals surface area contributed by atoms with E-state index in [1.165, 1.54) is 30.5 Å². The summed E-state index contributed by atoms with van der Waals surface area (Å²) in [6.45, 7) is 5.71. The number of carbonyl (C=O) groups excluding carboxylic acids is 2. The normalized spacial score (nSPS) is 10.9. The SMILES string of the molecule is Cc1ccc(NC(=O)COc2ccc(/C=N/NC(=O)c3ccc(COc4ccc(-n5c(C)ccc5C)cc4)o3)cc2[N+](=O)[O-])cc1. The van der Waals surface area contributed by atoms with Gasteiger partial charge in [-0.1, -0.05) is 17.7 Å². The molecular weight excluding hydrogens is 590 g/mol. The second-order valence-corrected chi connectivity index (χ2v) is 10.4. The molecule has 2 heterocycles. The van der Waals surface area contributed by atoms with Crippen LogP contribution in [0.5, 0.6) is 11.5 Å². The molecule has 2 N–H and O–H groups in total. The number of amides is 2. The lowest BCUT2D eigenvalue weighted by molar-refractivity contribution is -0.385. The Hall–Kier alpha value is -6.17. The Bertz CT molecular complexity index is 1870. The van der Waals surface area contributed by atoms with Crippen LogP contribution in [0.2, 0.25) is 0 Å². The molecule has 234 valence electrons. The number of hydrogen-bond donors (Lipinski definition) is 2. The molecule has 0 bridgehead atoms. The number of aromatic nitrogens is 1. The number of anilines is 1. The van der Waals surface area contributed by atoms with Crippen LogP contribution in [0.3, 0.4) is 0 Å². The first-order valence-corrected chi connectivity index (χ1v) is 14.2. The summed E-state index contributed by atoms with van der Waals surface area (Å²) in [4.78, 5) is 35.8. The maximum absolute atomic E-state index is 12.5. The summed E-state index contributed by atoms with van der Waals surface area (Å²) in [6, 6.07) is 26.2. The van der Waals surface area contributed by atoms with Gasteiger partial charge in [0, 0.05) is 34.4 Å². The zero-order valence-corrected chi connectivity index (χ0v) is 25.4. The third kappa shape index (κ3) is 7.85. The van der Waals surface area contributed by atoms with Gasteiger partial charge in [-0.3, -0.25) is 19.7 Å². The molecule has 0 aliphatic carbocycles. The van der Waals surface area contributed by atoms with Gasteiger partial charge in [-0.15, -0.1) is 0 Å². The summed E-state index contributed by atoms with van der Waals surface area (Å²) < 4.78 is 18.9. The third-order valence-electron chi connectivity index (χ3n) is 6.89. The van der Waals surface area contributed by atoms with Crippen molar-refractivity contribution in [2.75, 3.05) is 11.9 Å². The van der Waals surface area contributed by atoms with Crippen molar-refractivity contribution >= 4 is 29.4 Å². The number of nitro benzene ring substituents is 1. The molecule has 46 heavy (non-hydrogen) atoms. The number of benzene rings is 3. The number of nitrogens with one attached hydrogen (secondary N) is 2. The molecule has 0 fully saturated rings. The van der Waals surface area contributed by atoms with Crippen LogP contribution in [0.4, 0.5) is 11.4 Å². The van der Waals surface area contributed by atoms with E-state index in [1.807, 2.05) is 57.2 Å². The van der Waals surface area contributed by atoms with Crippen molar-refractivity contribution in [1.82, 2.24) is 9.99 Å². The summed E-state index contributed by atoms with van der Waals surface area (Å²) in [5, 5.41) is 18.2. The molecule has 0 saturated heterocycles. The minimum Gasteiger partial charge on any atom is -0.486 e. The summed E-state index contributed by atoms with van der Waals surface area (Å²) in [5.74, 6) is -0.0610. The van der Waals surface area contributed by atoms with Crippen molar-refractivity contribution in [2.45, 2.75) is 27.4 Å². The number of aryl methyl sites for hydroxylation is 3. The van der Waals surface area contributed by atoms with E-state index in [4.69, 9.17) is 13.9 Å². The minimum absolute atomic E-state index is 0.0169. The molecule has 0 aliphatic heterocycles. The van der Waals surface area contributed by atoms with E-state index in [0.29, 0.717) is 22.8 Å². The van der Waals surface area contributed by atoms with Crippen molar-refractivity contribution in [1.29, 1.82) is 0 Å². The first kappa shape index (κ1) is 31.3. The Balaban J connectivity index is 1.12. The van der Waals surface area contributed by atoms with Crippen LogP contribution in [-0.2, 0) is 11.4 Å². The second kappa shape index (κ2) is 14.1. The zero-order chi connectivity index (χ0) is 32.6. The van der Waals surface area contributed by atoms with E-state index < -0.39 is 23.3 Å². The van der Waals surface area contributed by atoms with E-state index in [-0.39, 0.29) is 23.8 Å². The molecule has 0 aliphatic rings. The van der Waals surface area contributed by atoms with Crippen molar-refractivity contribution in [3.63, 3.8) is 0 Å². The van der Waals surface area contributed by atoms with Gasteiger partial charge in [0.15, 0.2) is 18.1 Å². The van der Waals surface area contributed by atoms with Crippen LogP contribution in [-0.4, -0.2) is 34.1 Å². The number of rotatable bonds is 12. The van der Waals surface area contributed by atoms with E-state index in [9.17, 15) is 19.7 Å². The predicted octanol–water partition coefficient (Wildman–Crippen LogP) is 6.26. The molecule has 3 aromatic carbocycles. The molecule has 2 aromatic heterocycles. The van der Waals surface area contributed by atoms with Crippen molar-refractivity contribution in [2.24, 2.45) is 5.10 Å². The topological polar surface area (TPSA) is 150 Å². The molecule has 12 heteroatoms. The van der Waals surface area contributed by atoms with Gasteiger partial charge in [-0.2, -0.15) is 5.10 Å². The predicted molar refractivity (Wildman–Crippen MR) is 172 cm³/mol. The standard InChI is InChI=1S/C34H31N5O7/c1-22-4-9-26(10-5-22)36-33(40)21-45-31-16-8-25(18-30(31)39(42)43)19-35-37-34(41)32-17-15-29(46-32)20-44-28-13-11-27(12-14-28)38-23(2)6-7-24(38)3/h4-19H,20-21H2,1-3H3,(H,36,40)(H,37,41)/b35-19+. The van der Waals surface area contributed by atoms with Crippen LogP contribution in [0.1, 0.15) is 38.8 Å². The molecule has 2 amide bonds. The maximum Gasteiger partial charge on any atom is 0.311 e. The van der Waals surface area contributed by atoms with Gasteiger partial charge < -0.3 is 23.8 Å². The van der Waals surface area contributed by atoms with E-state index in [0.717, 1.165) is 22.6 Å². The fraction of sp³-hybridized carbons (Fsp3) is 0.147. The summed E-state index contributed by atoms with van der Waals surface area (Å²) in [5.41, 5.74) is 7.23. The van der Waals surface area contributed by atoms with Crippen molar-refractivity contribution in [3.8, 4) is 17.2 Å². The lowest BCUT2D eigenvalue weighted by Gasteiger charge is -2.10. The molecular formula is C34H31N5O7. The van der Waals surface area contributed by atoms with E-state index in [2.05, 4.69) is 32.5 Å². The zero-order valence-electron chi connectivity index (χ0n) is 25.4. The first-order valence-electron chi connectivity index (χ1n) is 14.2. The summed E-state index contributed by atoms with van der Waals surface area (Å²) in [7, 11) is 0. The molecule has 5 rings (SSSR count). The van der Waals surface area contributed by atoms with Crippen LogP contribution in [0.15, 0.2) is 101 Å². The Kier molecular flexibility index (Phi) is 9.57. The Morgan fingerprint density at radius 1 is 0.913 bits per heavy atom. The second-order valence-electron chi connectivity index (χ2n) is 10.4. The number of furan rings is 1. The summed E-state index contributed by atoms with van der Waals surface area (Å²) in [6.07, 6.45) is 1.24. The van der Waals surface area contributed by atoms with E-state index in [1.54, 1.807) is 18.2 Å². The van der Waals surface area contributed by atoms with Crippen LogP contribution in [0, 0.1) is 30.9 Å². The smallest absolute Gasteiger partial charge is 0.311 e. The van der Waals surface area contributed by atoms with Crippen molar-refractivity contribution < 1.29 is 28.4 Å². The van der Waals surface area contributed by atoms with Crippen molar-refractivity contribution in [3.05, 3.63) is 135 Å². The average Bonchev–Trinajstić information content (AvgIpc) is 3.66. The van der Waals surface area contributed by atoms with Gasteiger partial charge in [0.25, 0.3) is 5.91 Å². The van der Waals surface area contributed by atoms with E-state index >= 15 is 0 Å². The number of carbonyl (C=O) groups is 2. The van der Waals surface area contributed by atoms with Gasteiger partial charge in [0.1, 0.15) is 18.1 Å². The Labute approximate surface area is 264 Å². The largest absolute Gasteiger partial charge is 0.486 e. The Morgan fingerprint density at radius 2 is 1.63 bits per heavy atom. The molecule has 5 aromatic rings. The molecule has 0 saturated carbocycles.